The number of amides is 1. The van der Waals surface area contributed by atoms with Crippen LogP contribution in [0.1, 0.15) is 106 Å². The number of carbonyl (C=O) groups excluding carboxylic acids is 2. The topological polar surface area (TPSA) is 120 Å². The summed E-state index contributed by atoms with van der Waals surface area (Å²) >= 11 is 0. The first-order valence-corrected chi connectivity index (χ1v) is 16.1. The molecule has 11 atom stereocenters. The van der Waals surface area contributed by atoms with Crippen molar-refractivity contribution in [2.75, 3.05) is 6.61 Å². The van der Waals surface area contributed by atoms with Crippen molar-refractivity contribution < 1.29 is 29.0 Å². The van der Waals surface area contributed by atoms with E-state index in [4.69, 9.17) is 19.4 Å². The molecular formula is C33H45N3O6. The molecule has 2 saturated heterocycles. The SMILES string of the molecule is C[C@@H]1CC[C@@]2(OC1)O[C@H]1C[C@H]3[C@@H]4CC=C5C[C@@H](OC(=O)c6nccnc6C(=O)NO)CC[C@]5(C)[C@H]4CC[C@]3(C)[C@H]1[C@@H]2C. The monoisotopic (exact) mass is 579 g/mol. The zero-order valence-corrected chi connectivity index (χ0v) is 25.3. The highest BCUT2D eigenvalue weighted by Gasteiger charge is 2.68. The molecule has 0 bridgehead atoms. The van der Waals surface area contributed by atoms with E-state index in [0.717, 1.165) is 38.7 Å². The predicted octanol–water partition coefficient (Wildman–Crippen LogP) is 5.49. The maximum atomic E-state index is 13.0. The number of hydrogen-bond acceptors (Lipinski definition) is 8. The Labute approximate surface area is 248 Å². The number of carbonyl (C=O) groups is 2. The number of hydroxylamine groups is 1. The van der Waals surface area contributed by atoms with Crippen molar-refractivity contribution >= 4 is 11.9 Å². The molecule has 42 heavy (non-hydrogen) atoms. The van der Waals surface area contributed by atoms with Crippen LogP contribution >= 0.6 is 0 Å². The lowest BCUT2D eigenvalue weighted by atomic mass is 9.47. The number of esters is 1. The quantitative estimate of drug-likeness (QED) is 0.209. The second-order valence-electron chi connectivity index (χ2n) is 14.7. The van der Waals surface area contributed by atoms with Gasteiger partial charge in [-0.15, -0.1) is 0 Å². The first kappa shape index (κ1) is 28.4. The predicted molar refractivity (Wildman–Crippen MR) is 152 cm³/mol. The number of allylic oxidation sites excluding steroid dienone is 1. The number of hydrogen-bond donors (Lipinski definition) is 2. The normalized spacial score (nSPS) is 45.7. The van der Waals surface area contributed by atoms with Gasteiger partial charge in [0.2, 0.25) is 0 Å². The van der Waals surface area contributed by atoms with Gasteiger partial charge in [0, 0.05) is 31.2 Å². The molecule has 3 saturated carbocycles. The van der Waals surface area contributed by atoms with Gasteiger partial charge in [-0.2, -0.15) is 0 Å². The van der Waals surface area contributed by atoms with E-state index in [1.54, 1.807) is 0 Å². The van der Waals surface area contributed by atoms with Crippen LogP contribution in [0.25, 0.3) is 0 Å². The van der Waals surface area contributed by atoms with E-state index >= 15 is 0 Å². The molecule has 7 rings (SSSR count). The fraction of sp³-hybridized carbons (Fsp3) is 0.758. The Hall–Kier alpha value is -2.36. The molecule has 2 aliphatic heterocycles. The highest BCUT2D eigenvalue weighted by Crippen LogP contribution is 2.70. The molecular weight excluding hydrogens is 534 g/mol. The molecule has 4 aliphatic carbocycles. The maximum absolute atomic E-state index is 13.0. The van der Waals surface area contributed by atoms with Gasteiger partial charge in [-0.25, -0.2) is 20.2 Å². The molecule has 0 aromatic carbocycles. The second-order valence-corrected chi connectivity index (χ2v) is 14.7. The van der Waals surface area contributed by atoms with Crippen molar-refractivity contribution in [3.63, 3.8) is 0 Å². The summed E-state index contributed by atoms with van der Waals surface area (Å²) in [5.41, 5.74) is 2.90. The minimum absolute atomic E-state index is 0.107. The molecule has 9 heteroatoms. The molecule has 3 heterocycles. The Balaban J connectivity index is 1.06. The van der Waals surface area contributed by atoms with Crippen LogP contribution in [0.2, 0.25) is 0 Å². The van der Waals surface area contributed by atoms with Gasteiger partial charge in [0.05, 0.1) is 12.7 Å². The van der Waals surface area contributed by atoms with Crippen molar-refractivity contribution in [1.82, 2.24) is 15.4 Å². The fourth-order valence-electron chi connectivity index (χ4n) is 10.7. The summed E-state index contributed by atoms with van der Waals surface area (Å²) in [5, 5.41) is 9.03. The molecule has 1 aromatic rings. The van der Waals surface area contributed by atoms with E-state index in [9.17, 15) is 9.59 Å². The van der Waals surface area contributed by atoms with Crippen LogP contribution in [0.3, 0.4) is 0 Å². The molecule has 9 nitrogen and oxygen atoms in total. The van der Waals surface area contributed by atoms with Crippen LogP contribution in [-0.2, 0) is 14.2 Å². The largest absolute Gasteiger partial charge is 0.457 e. The summed E-state index contributed by atoms with van der Waals surface area (Å²) in [4.78, 5) is 32.9. The van der Waals surface area contributed by atoms with Crippen molar-refractivity contribution in [3.05, 3.63) is 35.4 Å². The van der Waals surface area contributed by atoms with E-state index < -0.39 is 11.9 Å². The first-order valence-electron chi connectivity index (χ1n) is 16.1. The number of nitrogens with one attached hydrogen (secondary N) is 1. The summed E-state index contributed by atoms with van der Waals surface area (Å²) in [6.07, 6.45) is 14.5. The van der Waals surface area contributed by atoms with Crippen LogP contribution in [0.15, 0.2) is 24.0 Å². The Morgan fingerprint density at radius 2 is 1.83 bits per heavy atom. The Morgan fingerprint density at radius 1 is 1.05 bits per heavy atom. The van der Waals surface area contributed by atoms with Gasteiger partial charge < -0.3 is 14.2 Å². The molecule has 1 aromatic heterocycles. The van der Waals surface area contributed by atoms with Gasteiger partial charge in [-0.3, -0.25) is 10.0 Å². The van der Waals surface area contributed by atoms with Gasteiger partial charge in [0.25, 0.3) is 5.91 Å². The van der Waals surface area contributed by atoms with Crippen LogP contribution < -0.4 is 5.48 Å². The molecule has 0 unspecified atom stereocenters. The van der Waals surface area contributed by atoms with Crippen molar-refractivity contribution in [3.8, 4) is 0 Å². The van der Waals surface area contributed by atoms with Gasteiger partial charge >= 0.3 is 5.97 Å². The highest BCUT2D eigenvalue weighted by atomic mass is 16.7. The summed E-state index contributed by atoms with van der Waals surface area (Å²) in [6.45, 7) is 10.5. The third kappa shape index (κ3) is 4.13. The van der Waals surface area contributed by atoms with Crippen molar-refractivity contribution in [1.29, 1.82) is 0 Å². The third-order valence-corrected chi connectivity index (χ3v) is 12.8. The van der Waals surface area contributed by atoms with Gasteiger partial charge in [0.1, 0.15) is 6.10 Å². The smallest absolute Gasteiger partial charge is 0.359 e. The lowest BCUT2D eigenvalue weighted by Gasteiger charge is -2.58. The third-order valence-electron chi connectivity index (χ3n) is 12.8. The summed E-state index contributed by atoms with van der Waals surface area (Å²) in [6, 6.07) is 0. The van der Waals surface area contributed by atoms with Crippen molar-refractivity contribution in [2.24, 2.45) is 46.3 Å². The van der Waals surface area contributed by atoms with E-state index in [0.29, 0.717) is 48.0 Å². The highest BCUT2D eigenvalue weighted by molar-refractivity contribution is 6.02. The summed E-state index contributed by atoms with van der Waals surface area (Å²) in [5.74, 6) is 1.60. The van der Waals surface area contributed by atoms with E-state index in [-0.39, 0.29) is 34.1 Å². The standard InChI is InChI=1S/C33H45N3O6/c1-18-7-12-33(40-17-18)19(2)26-25(42-33)16-24-22-6-5-20-15-21(8-10-31(20,3)23(22)9-11-32(24,26)4)41-30(38)28-27(29(37)36-39)34-13-14-35-28/h5,13-14,18-19,21-26,39H,6-12,15-17H2,1-4H3,(H,36,37)/t18-,19+,21+,22-,23+,24+,25+,26+,31+,32+,33-/m1/s1. The average molecular weight is 580 g/mol. The molecule has 2 N–H and O–H groups in total. The lowest BCUT2D eigenvalue weighted by molar-refractivity contribution is -0.272. The molecule has 6 aliphatic rings. The van der Waals surface area contributed by atoms with Crippen LogP contribution in [0.4, 0.5) is 0 Å². The van der Waals surface area contributed by atoms with Crippen molar-refractivity contribution in [2.45, 2.75) is 103 Å². The Kier molecular flexibility index (Phi) is 6.83. The molecule has 1 amide bonds. The van der Waals surface area contributed by atoms with E-state index in [1.165, 1.54) is 42.7 Å². The van der Waals surface area contributed by atoms with Gasteiger partial charge in [-0.1, -0.05) is 39.3 Å². The number of rotatable bonds is 3. The Morgan fingerprint density at radius 3 is 2.57 bits per heavy atom. The van der Waals surface area contributed by atoms with E-state index in [2.05, 4.69) is 43.7 Å². The molecule has 0 radical (unpaired) electrons. The van der Waals surface area contributed by atoms with Crippen LogP contribution in [-0.4, -0.2) is 51.7 Å². The van der Waals surface area contributed by atoms with Gasteiger partial charge in [-0.05, 0) is 85.4 Å². The molecule has 1 spiro atoms. The minimum Gasteiger partial charge on any atom is -0.457 e. The summed E-state index contributed by atoms with van der Waals surface area (Å²) in [7, 11) is 0. The maximum Gasteiger partial charge on any atom is 0.359 e. The lowest BCUT2D eigenvalue weighted by Crippen LogP contribution is -2.52. The van der Waals surface area contributed by atoms with Crippen LogP contribution in [0.5, 0.6) is 0 Å². The minimum atomic E-state index is -0.886. The fourth-order valence-corrected chi connectivity index (χ4v) is 10.7. The van der Waals surface area contributed by atoms with Gasteiger partial charge in [0.15, 0.2) is 17.2 Å². The van der Waals surface area contributed by atoms with E-state index in [1.807, 2.05) is 0 Å². The number of aromatic nitrogens is 2. The number of nitrogens with zero attached hydrogens (tertiary/aromatic N) is 2. The number of ether oxygens (including phenoxy) is 3. The van der Waals surface area contributed by atoms with Crippen LogP contribution in [0, 0.1) is 46.3 Å². The molecule has 228 valence electrons. The second kappa shape index (κ2) is 10.1. The first-order chi connectivity index (χ1) is 20.1. The zero-order valence-electron chi connectivity index (χ0n) is 25.3. The Bertz CT molecular complexity index is 1290. The molecule has 5 fully saturated rings. The average Bonchev–Trinajstić information content (AvgIpc) is 3.44. The summed E-state index contributed by atoms with van der Waals surface area (Å²) < 4.78 is 19.3. The zero-order chi connectivity index (χ0) is 29.4. The number of fused-ring (bicyclic) bond motifs is 7.